The number of nitrogens with zero attached hydrogens (tertiary/aromatic N) is 1. The summed E-state index contributed by atoms with van der Waals surface area (Å²) in [5.41, 5.74) is 0. The van der Waals surface area contributed by atoms with E-state index in [0.717, 1.165) is 24.9 Å². The van der Waals surface area contributed by atoms with Crippen LogP contribution in [0.2, 0.25) is 0 Å². The summed E-state index contributed by atoms with van der Waals surface area (Å²) in [6, 6.07) is 0.896. The van der Waals surface area contributed by atoms with Crippen LogP contribution >= 0.6 is 0 Å². The molecule has 1 N–H and O–H groups in total. The van der Waals surface area contributed by atoms with Gasteiger partial charge in [-0.1, -0.05) is 0 Å². The summed E-state index contributed by atoms with van der Waals surface area (Å²) >= 11 is 0. The van der Waals surface area contributed by atoms with Gasteiger partial charge in [0.25, 0.3) is 0 Å². The summed E-state index contributed by atoms with van der Waals surface area (Å²) in [5, 5.41) is 3.48. The average Bonchev–Trinajstić information content (AvgIpc) is 2.83. The van der Waals surface area contributed by atoms with Gasteiger partial charge in [-0.2, -0.15) is 0 Å². The quantitative estimate of drug-likeness (QED) is 0.724. The first-order valence-electron chi connectivity index (χ1n) is 6.68. The maximum Gasteiger partial charge on any atom is 0.225 e. The summed E-state index contributed by atoms with van der Waals surface area (Å²) in [6.07, 6.45) is 3.75. The standard InChI is InChI=1S/C13H22N2O/c1-8-6-15(7-9(2)14-8)13(16)12-4-10-3-11(10)5-12/h8-12,14H,3-7H2,1-2H3. The van der Waals surface area contributed by atoms with E-state index in [4.69, 9.17) is 0 Å². The van der Waals surface area contributed by atoms with Gasteiger partial charge in [0, 0.05) is 31.1 Å². The Bertz CT molecular complexity index is 284. The van der Waals surface area contributed by atoms with Gasteiger partial charge >= 0.3 is 0 Å². The summed E-state index contributed by atoms with van der Waals surface area (Å²) in [4.78, 5) is 14.5. The van der Waals surface area contributed by atoms with Crippen molar-refractivity contribution >= 4 is 5.91 Å². The van der Waals surface area contributed by atoms with Crippen molar-refractivity contribution in [2.24, 2.45) is 17.8 Å². The van der Waals surface area contributed by atoms with Gasteiger partial charge in [0.1, 0.15) is 0 Å². The van der Waals surface area contributed by atoms with Gasteiger partial charge in [0.2, 0.25) is 5.91 Å². The van der Waals surface area contributed by atoms with Gasteiger partial charge < -0.3 is 10.2 Å². The first kappa shape index (κ1) is 10.6. The van der Waals surface area contributed by atoms with Crippen LogP contribution in [0.5, 0.6) is 0 Å². The van der Waals surface area contributed by atoms with E-state index in [2.05, 4.69) is 24.1 Å². The molecule has 16 heavy (non-hydrogen) atoms. The van der Waals surface area contributed by atoms with Crippen molar-refractivity contribution in [3.63, 3.8) is 0 Å². The second-order valence-electron chi connectivity index (χ2n) is 6.14. The highest BCUT2D eigenvalue weighted by Gasteiger charge is 2.49. The van der Waals surface area contributed by atoms with Crippen molar-refractivity contribution in [3.05, 3.63) is 0 Å². The van der Waals surface area contributed by atoms with E-state index in [1.54, 1.807) is 0 Å². The first-order chi connectivity index (χ1) is 7.63. The Morgan fingerprint density at radius 3 is 2.19 bits per heavy atom. The van der Waals surface area contributed by atoms with Crippen LogP contribution in [-0.2, 0) is 4.79 Å². The SMILES string of the molecule is CC1CN(C(=O)C2CC3CC3C2)CC(C)N1. The third-order valence-corrected chi connectivity index (χ3v) is 4.46. The van der Waals surface area contributed by atoms with Crippen LogP contribution in [0.1, 0.15) is 33.1 Å². The predicted molar refractivity (Wildman–Crippen MR) is 63.0 cm³/mol. The van der Waals surface area contributed by atoms with E-state index in [1.807, 2.05) is 0 Å². The number of fused-ring (bicyclic) bond motifs is 1. The van der Waals surface area contributed by atoms with E-state index in [-0.39, 0.29) is 0 Å². The Morgan fingerprint density at radius 2 is 1.62 bits per heavy atom. The van der Waals surface area contributed by atoms with Gasteiger partial charge in [-0.3, -0.25) is 4.79 Å². The topological polar surface area (TPSA) is 32.3 Å². The number of amides is 1. The van der Waals surface area contributed by atoms with Crippen LogP contribution in [0, 0.1) is 17.8 Å². The van der Waals surface area contributed by atoms with Gasteiger partial charge in [-0.05, 0) is 44.9 Å². The molecule has 1 aliphatic heterocycles. The van der Waals surface area contributed by atoms with Crippen LogP contribution in [0.25, 0.3) is 0 Å². The Balaban J connectivity index is 1.61. The van der Waals surface area contributed by atoms with E-state index < -0.39 is 0 Å². The van der Waals surface area contributed by atoms with Gasteiger partial charge in [-0.25, -0.2) is 0 Å². The zero-order chi connectivity index (χ0) is 11.3. The minimum atomic E-state index is 0.362. The van der Waals surface area contributed by atoms with E-state index >= 15 is 0 Å². The van der Waals surface area contributed by atoms with Crippen LogP contribution in [0.15, 0.2) is 0 Å². The van der Waals surface area contributed by atoms with Crippen molar-refractivity contribution < 1.29 is 4.79 Å². The van der Waals surface area contributed by atoms with Crippen molar-refractivity contribution in [1.82, 2.24) is 10.2 Å². The largest absolute Gasteiger partial charge is 0.339 e. The maximum absolute atomic E-state index is 12.4. The molecule has 0 spiro atoms. The summed E-state index contributed by atoms with van der Waals surface area (Å²) in [5.74, 6) is 2.62. The maximum atomic E-state index is 12.4. The lowest BCUT2D eigenvalue weighted by Gasteiger charge is -2.37. The fourth-order valence-corrected chi connectivity index (χ4v) is 3.68. The number of carbonyl (C=O) groups excluding carboxylic acids is 1. The molecule has 0 radical (unpaired) electrons. The Labute approximate surface area is 97.6 Å². The molecule has 3 nitrogen and oxygen atoms in total. The molecule has 0 aromatic carbocycles. The Morgan fingerprint density at radius 1 is 1.06 bits per heavy atom. The lowest BCUT2D eigenvalue weighted by molar-refractivity contribution is -0.137. The van der Waals surface area contributed by atoms with E-state index in [1.165, 1.54) is 19.3 Å². The molecule has 4 unspecified atom stereocenters. The molecule has 3 heteroatoms. The molecule has 2 saturated carbocycles. The van der Waals surface area contributed by atoms with E-state index in [9.17, 15) is 4.79 Å². The Hall–Kier alpha value is -0.570. The fraction of sp³-hybridized carbons (Fsp3) is 0.923. The lowest BCUT2D eigenvalue weighted by Crippen LogP contribution is -2.56. The monoisotopic (exact) mass is 222 g/mol. The van der Waals surface area contributed by atoms with Crippen LogP contribution in [-0.4, -0.2) is 36.0 Å². The number of carbonyl (C=O) groups is 1. The third-order valence-electron chi connectivity index (χ3n) is 4.46. The van der Waals surface area contributed by atoms with Crippen molar-refractivity contribution in [3.8, 4) is 0 Å². The van der Waals surface area contributed by atoms with Crippen LogP contribution in [0.4, 0.5) is 0 Å². The van der Waals surface area contributed by atoms with Crippen LogP contribution in [0.3, 0.4) is 0 Å². The molecule has 0 bridgehead atoms. The number of piperazine rings is 1. The normalized spacial score (nSPS) is 46.6. The highest BCUT2D eigenvalue weighted by atomic mass is 16.2. The molecule has 0 aromatic heterocycles. The molecule has 2 aliphatic carbocycles. The third kappa shape index (κ3) is 1.86. The molecular formula is C13H22N2O. The fourth-order valence-electron chi connectivity index (χ4n) is 3.68. The van der Waals surface area contributed by atoms with Gasteiger partial charge in [-0.15, -0.1) is 0 Å². The zero-order valence-corrected chi connectivity index (χ0v) is 10.3. The average molecular weight is 222 g/mol. The lowest BCUT2D eigenvalue weighted by atomic mass is 10.0. The number of nitrogens with one attached hydrogen (secondary N) is 1. The number of rotatable bonds is 1. The number of hydrogen-bond donors (Lipinski definition) is 1. The molecule has 4 atom stereocenters. The second kappa shape index (κ2) is 3.73. The highest BCUT2D eigenvalue weighted by Crippen LogP contribution is 2.54. The summed E-state index contributed by atoms with van der Waals surface area (Å²) < 4.78 is 0. The molecule has 3 fully saturated rings. The molecular weight excluding hydrogens is 200 g/mol. The molecule has 1 heterocycles. The second-order valence-corrected chi connectivity index (χ2v) is 6.14. The van der Waals surface area contributed by atoms with Gasteiger partial charge in [0.15, 0.2) is 0 Å². The molecule has 3 aliphatic rings. The van der Waals surface area contributed by atoms with Gasteiger partial charge in [0.05, 0.1) is 0 Å². The molecule has 90 valence electrons. The zero-order valence-electron chi connectivity index (χ0n) is 10.3. The molecule has 1 amide bonds. The van der Waals surface area contributed by atoms with Crippen molar-refractivity contribution in [2.75, 3.05) is 13.1 Å². The summed E-state index contributed by atoms with van der Waals surface area (Å²) in [7, 11) is 0. The predicted octanol–water partition coefficient (Wildman–Crippen LogP) is 1.24. The number of hydrogen-bond acceptors (Lipinski definition) is 2. The first-order valence-corrected chi connectivity index (χ1v) is 6.68. The molecule has 0 aromatic rings. The minimum absolute atomic E-state index is 0.362. The molecule has 1 saturated heterocycles. The highest BCUT2D eigenvalue weighted by molar-refractivity contribution is 5.79. The Kier molecular flexibility index (Phi) is 2.46. The molecule has 3 rings (SSSR count). The minimum Gasteiger partial charge on any atom is -0.339 e. The van der Waals surface area contributed by atoms with E-state index in [0.29, 0.717) is 23.9 Å². The van der Waals surface area contributed by atoms with Crippen molar-refractivity contribution in [1.29, 1.82) is 0 Å². The van der Waals surface area contributed by atoms with Crippen LogP contribution < -0.4 is 5.32 Å². The van der Waals surface area contributed by atoms with Crippen molar-refractivity contribution in [2.45, 2.75) is 45.2 Å². The smallest absolute Gasteiger partial charge is 0.225 e. The summed E-state index contributed by atoms with van der Waals surface area (Å²) in [6.45, 7) is 6.13.